The fourth-order valence-corrected chi connectivity index (χ4v) is 4.16. The van der Waals surface area contributed by atoms with Crippen molar-refractivity contribution in [2.75, 3.05) is 0 Å². The Kier molecular flexibility index (Phi) is 2.02. The van der Waals surface area contributed by atoms with E-state index in [1.165, 1.54) is 5.57 Å². The summed E-state index contributed by atoms with van der Waals surface area (Å²) in [6.07, 6.45) is 5.63. The zero-order valence-electron chi connectivity index (χ0n) is 6.82. The van der Waals surface area contributed by atoms with Crippen LogP contribution in [0.5, 0.6) is 0 Å². The SMILES string of the molecule is N#CC=C1CC2CCC(C1)S2=O. The Balaban J connectivity index is 2.19. The summed E-state index contributed by atoms with van der Waals surface area (Å²) in [5, 5.41) is 9.20. The molecule has 2 aliphatic heterocycles. The van der Waals surface area contributed by atoms with E-state index in [1.54, 1.807) is 6.08 Å². The minimum atomic E-state index is -0.593. The van der Waals surface area contributed by atoms with Crippen LogP contribution in [0.3, 0.4) is 0 Å². The van der Waals surface area contributed by atoms with E-state index < -0.39 is 10.8 Å². The largest absolute Gasteiger partial charge is 0.259 e. The average Bonchev–Trinajstić information content (AvgIpc) is 2.33. The maximum Gasteiger partial charge on any atom is 0.0911 e. The summed E-state index contributed by atoms with van der Waals surface area (Å²) < 4.78 is 11.5. The molecule has 2 nitrogen and oxygen atoms in total. The first-order valence-corrected chi connectivity index (χ1v) is 5.56. The van der Waals surface area contributed by atoms with Gasteiger partial charge in [0.25, 0.3) is 0 Å². The number of allylic oxidation sites excluding steroid dienone is 2. The van der Waals surface area contributed by atoms with Crippen molar-refractivity contribution in [1.82, 2.24) is 0 Å². The normalized spacial score (nSPS) is 39.2. The summed E-state index contributed by atoms with van der Waals surface area (Å²) >= 11 is 0. The molecule has 0 saturated carbocycles. The van der Waals surface area contributed by atoms with Crippen molar-refractivity contribution in [2.45, 2.75) is 36.2 Å². The number of fused-ring (bicyclic) bond motifs is 2. The highest BCUT2D eigenvalue weighted by Crippen LogP contribution is 2.37. The topological polar surface area (TPSA) is 40.9 Å². The maximum atomic E-state index is 11.5. The second-order valence-electron chi connectivity index (χ2n) is 3.49. The lowest BCUT2D eigenvalue weighted by Crippen LogP contribution is -2.22. The van der Waals surface area contributed by atoms with E-state index in [9.17, 15) is 4.21 Å². The molecule has 0 aromatic carbocycles. The fourth-order valence-electron chi connectivity index (χ4n) is 2.12. The van der Waals surface area contributed by atoms with Crippen LogP contribution in [-0.4, -0.2) is 14.7 Å². The third kappa shape index (κ3) is 1.21. The van der Waals surface area contributed by atoms with Crippen molar-refractivity contribution in [2.24, 2.45) is 0 Å². The molecule has 2 aliphatic rings. The molecule has 0 aliphatic carbocycles. The quantitative estimate of drug-likeness (QED) is 0.531. The summed E-state index contributed by atoms with van der Waals surface area (Å²) in [5.41, 5.74) is 1.21. The number of rotatable bonds is 0. The van der Waals surface area contributed by atoms with Crippen molar-refractivity contribution < 1.29 is 4.21 Å². The Morgan fingerprint density at radius 2 is 2.00 bits per heavy atom. The Morgan fingerprint density at radius 1 is 1.42 bits per heavy atom. The molecule has 0 amide bonds. The van der Waals surface area contributed by atoms with Gasteiger partial charge in [0.05, 0.1) is 6.07 Å². The number of hydrogen-bond donors (Lipinski definition) is 0. The van der Waals surface area contributed by atoms with Gasteiger partial charge in [0.15, 0.2) is 0 Å². The van der Waals surface area contributed by atoms with Crippen LogP contribution >= 0.6 is 0 Å². The molecular formula is C9H11NOS. The molecule has 2 fully saturated rings. The summed E-state index contributed by atoms with van der Waals surface area (Å²) in [7, 11) is -0.593. The molecule has 0 spiro atoms. The highest BCUT2D eigenvalue weighted by molar-refractivity contribution is 7.86. The van der Waals surface area contributed by atoms with Crippen molar-refractivity contribution in [3.63, 3.8) is 0 Å². The predicted octanol–water partition coefficient (Wildman–Crippen LogP) is 1.51. The molecule has 2 heterocycles. The smallest absolute Gasteiger partial charge is 0.0911 e. The molecule has 2 bridgehead atoms. The summed E-state index contributed by atoms with van der Waals surface area (Å²) in [4.78, 5) is 0. The van der Waals surface area contributed by atoms with E-state index >= 15 is 0 Å². The second kappa shape index (κ2) is 3.02. The molecule has 2 atom stereocenters. The number of hydrogen-bond acceptors (Lipinski definition) is 2. The average molecular weight is 181 g/mol. The van der Waals surface area contributed by atoms with Crippen LogP contribution in [-0.2, 0) is 10.8 Å². The van der Waals surface area contributed by atoms with Crippen molar-refractivity contribution in [3.05, 3.63) is 11.6 Å². The van der Waals surface area contributed by atoms with Gasteiger partial charge in [-0.25, -0.2) is 0 Å². The standard InChI is InChI=1S/C9H11NOS/c10-4-3-7-5-8-1-2-9(6-7)12(8)11/h3,8-9H,1-2,5-6H2. The maximum absolute atomic E-state index is 11.5. The first kappa shape index (κ1) is 8.00. The molecule has 2 saturated heterocycles. The monoisotopic (exact) mass is 181 g/mol. The van der Waals surface area contributed by atoms with E-state index in [-0.39, 0.29) is 0 Å². The zero-order valence-corrected chi connectivity index (χ0v) is 7.64. The van der Waals surface area contributed by atoms with Crippen molar-refractivity contribution >= 4 is 10.8 Å². The Bertz CT molecular complexity index is 271. The third-order valence-corrected chi connectivity index (χ3v) is 4.83. The van der Waals surface area contributed by atoms with Gasteiger partial charge in [-0.15, -0.1) is 0 Å². The third-order valence-electron chi connectivity index (χ3n) is 2.72. The Labute approximate surface area is 74.7 Å². The first-order valence-electron chi connectivity index (χ1n) is 4.28. The van der Waals surface area contributed by atoms with Crippen molar-refractivity contribution in [1.29, 1.82) is 5.26 Å². The van der Waals surface area contributed by atoms with Gasteiger partial charge in [0.1, 0.15) is 0 Å². The van der Waals surface area contributed by atoms with Gasteiger partial charge in [-0.1, -0.05) is 5.57 Å². The zero-order chi connectivity index (χ0) is 8.55. The highest BCUT2D eigenvalue weighted by Gasteiger charge is 2.37. The minimum absolute atomic E-state index is 0.364. The lowest BCUT2D eigenvalue weighted by molar-refractivity contribution is 0.659. The van der Waals surface area contributed by atoms with E-state index in [2.05, 4.69) is 6.07 Å². The van der Waals surface area contributed by atoms with Gasteiger partial charge in [-0.3, -0.25) is 4.21 Å². The predicted molar refractivity (Wildman–Crippen MR) is 47.9 cm³/mol. The highest BCUT2D eigenvalue weighted by atomic mass is 32.2. The van der Waals surface area contributed by atoms with Gasteiger partial charge >= 0.3 is 0 Å². The van der Waals surface area contributed by atoms with Crippen LogP contribution in [0.25, 0.3) is 0 Å². The van der Waals surface area contributed by atoms with Gasteiger partial charge < -0.3 is 0 Å². The van der Waals surface area contributed by atoms with Gasteiger partial charge in [0, 0.05) is 27.4 Å². The van der Waals surface area contributed by atoms with Gasteiger partial charge in [0.2, 0.25) is 0 Å². The summed E-state index contributed by atoms with van der Waals surface area (Å²) in [5.74, 6) is 0. The molecule has 12 heavy (non-hydrogen) atoms. The minimum Gasteiger partial charge on any atom is -0.259 e. The van der Waals surface area contributed by atoms with Crippen LogP contribution in [0.1, 0.15) is 25.7 Å². The lowest BCUT2D eigenvalue weighted by Gasteiger charge is -2.20. The Hall–Kier alpha value is -0.620. The van der Waals surface area contributed by atoms with E-state index in [1.807, 2.05) is 0 Å². The van der Waals surface area contributed by atoms with Crippen LogP contribution in [0.2, 0.25) is 0 Å². The molecule has 2 unspecified atom stereocenters. The molecule has 0 radical (unpaired) electrons. The molecule has 3 heteroatoms. The fraction of sp³-hybridized carbons (Fsp3) is 0.667. The van der Waals surface area contributed by atoms with E-state index in [4.69, 9.17) is 5.26 Å². The first-order chi connectivity index (χ1) is 5.81. The van der Waals surface area contributed by atoms with Crippen LogP contribution in [0.15, 0.2) is 11.6 Å². The Morgan fingerprint density at radius 3 is 2.50 bits per heavy atom. The van der Waals surface area contributed by atoms with Gasteiger partial charge in [-0.05, 0) is 25.7 Å². The molecule has 0 N–H and O–H groups in total. The molecule has 0 aromatic heterocycles. The van der Waals surface area contributed by atoms with Crippen LogP contribution < -0.4 is 0 Å². The number of nitriles is 1. The van der Waals surface area contributed by atoms with Crippen molar-refractivity contribution in [3.8, 4) is 6.07 Å². The lowest BCUT2D eigenvalue weighted by atomic mass is 10.1. The molecule has 2 rings (SSSR count). The summed E-state index contributed by atoms with van der Waals surface area (Å²) in [6.45, 7) is 0. The molecule has 0 aromatic rings. The second-order valence-corrected chi connectivity index (χ2v) is 5.48. The van der Waals surface area contributed by atoms with E-state index in [0.717, 1.165) is 25.7 Å². The molecule has 64 valence electrons. The summed E-state index contributed by atoms with van der Waals surface area (Å²) in [6, 6.07) is 2.06. The van der Waals surface area contributed by atoms with Crippen LogP contribution in [0.4, 0.5) is 0 Å². The van der Waals surface area contributed by atoms with E-state index in [0.29, 0.717) is 10.5 Å². The molecular weight excluding hydrogens is 170 g/mol. The van der Waals surface area contributed by atoms with Crippen LogP contribution in [0, 0.1) is 11.3 Å². The van der Waals surface area contributed by atoms with Gasteiger partial charge in [-0.2, -0.15) is 5.26 Å². The number of nitrogens with zero attached hydrogens (tertiary/aromatic N) is 1.